The van der Waals surface area contributed by atoms with E-state index in [1.54, 1.807) is 44.3 Å². The molecule has 3 heterocycles. The van der Waals surface area contributed by atoms with Crippen LogP contribution in [0.25, 0.3) is 11.3 Å². The van der Waals surface area contributed by atoms with Gasteiger partial charge in [0.25, 0.3) is 5.56 Å². The van der Waals surface area contributed by atoms with Crippen LogP contribution in [0.2, 0.25) is 0 Å². The van der Waals surface area contributed by atoms with Crippen LogP contribution in [0.1, 0.15) is 11.7 Å². The Morgan fingerprint density at radius 1 is 1.10 bits per heavy atom. The van der Waals surface area contributed by atoms with Gasteiger partial charge in [-0.25, -0.2) is 4.98 Å². The molecule has 1 saturated heterocycles. The smallest absolute Gasteiger partial charge is 0.255 e. The molecule has 1 aromatic carbocycles. The maximum Gasteiger partial charge on any atom is 0.255 e. The Balaban J connectivity index is 1.67. The van der Waals surface area contributed by atoms with Gasteiger partial charge in [0.2, 0.25) is 5.95 Å². The average molecular weight is 408 g/mol. The van der Waals surface area contributed by atoms with Crippen molar-refractivity contribution in [2.24, 2.45) is 7.05 Å². The molecule has 8 heteroatoms. The third-order valence-corrected chi connectivity index (χ3v) is 5.22. The van der Waals surface area contributed by atoms with Crippen molar-refractivity contribution >= 4 is 5.95 Å². The van der Waals surface area contributed by atoms with Gasteiger partial charge in [0, 0.05) is 49.2 Å². The summed E-state index contributed by atoms with van der Waals surface area (Å²) in [7, 11) is 4.98. The highest BCUT2D eigenvalue weighted by Crippen LogP contribution is 2.34. The van der Waals surface area contributed by atoms with E-state index >= 15 is 0 Å². The predicted molar refractivity (Wildman–Crippen MR) is 113 cm³/mol. The fraction of sp³-hybridized carbons (Fsp3) is 0.318. The quantitative estimate of drug-likeness (QED) is 0.642. The van der Waals surface area contributed by atoms with E-state index in [2.05, 4.69) is 9.88 Å². The molecule has 156 valence electrons. The van der Waals surface area contributed by atoms with Crippen LogP contribution in [0.4, 0.5) is 5.95 Å². The molecule has 0 unspecified atom stereocenters. The van der Waals surface area contributed by atoms with Crippen LogP contribution in [-0.2, 0) is 11.8 Å². The van der Waals surface area contributed by atoms with Crippen molar-refractivity contribution in [3.63, 3.8) is 0 Å². The summed E-state index contributed by atoms with van der Waals surface area (Å²) in [6, 6.07) is 10.9. The summed E-state index contributed by atoms with van der Waals surface area (Å²) in [6.45, 7) is 1.69. The number of aromatic nitrogens is 3. The zero-order chi connectivity index (χ0) is 21.1. The molecule has 1 atom stereocenters. The van der Waals surface area contributed by atoms with Gasteiger partial charge in [0.1, 0.15) is 17.6 Å². The first kappa shape index (κ1) is 19.9. The van der Waals surface area contributed by atoms with E-state index in [1.165, 1.54) is 0 Å². The Labute approximate surface area is 174 Å². The monoisotopic (exact) mass is 408 g/mol. The zero-order valence-corrected chi connectivity index (χ0v) is 17.2. The van der Waals surface area contributed by atoms with Gasteiger partial charge in [-0.1, -0.05) is 0 Å². The summed E-state index contributed by atoms with van der Waals surface area (Å²) in [4.78, 5) is 23.5. The van der Waals surface area contributed by atoms with Gasteiger partial charge >= 0.3 is 0 Å². The minimum absolute atomic E-state index is 0.114. The Bertz CT molecular complexity index is 1080. The van der Waals surface area contributed by atoms with E-state index in [1.807, 2.05) is 30.3 Å². The number of hydrogen-bond donors (Lipinski definition) is 0. The van der Waals surface area contributed by atoms with Gasteiger partial charge in [-0.15, -0.1) is 0 Å². The maximum atomic E-state index is 12.6. The molecule has 0 N–H and O–H groups in total. The number of methoxy groups -OCH3 is 2. The second-order valence-electron chi connectivity index (χ2n) is 6.99. The molecule has 0 aliphatic carbocycles. The van der Waals surface area contributed by atoms with Crippen LogP contribution in [0.3, 0.4) is 0 Å². The van der Waals surface area contributed by atoms with Crippen LogP contribution in [-0.4, -0.2) is 48.5 Å². The molecule has 8 nitrogen and oxygen atoms in total. The number of anilines is 1. The third-order valence-electron chi connectivity index (χ3n) is 5.22. The summed E-state index contributed by atoms with van der Waals surface area (Å²) >= 11 is 0. The fourth-order valence-electron chi connectivity index (χ4n) is 3.58. The summed E-state index contributed by atoms with van der Waals surface area (Å²) in [5, 5.41) is 0. The van der Waals surface area contributed by atoms with E-state index in [0.717, 1.165) is 16.9 Å². The Morgan fingerprint density at radius 3 is 2.63 bits per heavy atom. The largest absolute Gasteiger partial charge is 0.497 e. The van der Waals surface area contributed by atoms with Gasteiger partial charge in [0.05, 0.1) is 33.1 Å². The first-order valence-electron chi connectivity index (χ1n) is 9.67. The first-order valence-corrected chi connectivity index (χ1v) is 9.67. The molecule has 30 heavy (non-hydrogen) atoms. The average Bonchev–Trinajstić information content (AvgIpc) is 2.81. The van der Waals surface area contributed by atoms with Crippen LogP contribution in [0.5, 0.6) is 11.5 Å². The van der Waals surface area contributed by atoms with Gasteiger partial charge < -0.3 is 19.1 Å². The third kappa shape index (κ3) is 3.86. The lowest BCUT2D eigenvalue weighted by Gasteiger charge is -2.35. The van der Waals surface area contributed by atoms with Crippen molar-refractivity contribution in [1.82, 2.24) is 14.5 Å². The Morgan fingerprint density at radius 2 is 1.90 bits per heavy atom. The number of pyridine rings is 1. The highest BCUT2D eigenvalue weighted by atomic mass is 16.5. The topological polar surface area (TPSA) is 78.7 Å². The standard InChI is InChI=1S/C22H24N4O4/c1-25-21(27)13-18(15-6-8-23-9-7-15)24-22(25)26-10-11-30-20(14-26)17-5-4-16(28-2)12-19(17)29-3/h4-9,12-13,20H,10-11,14H2,1-3H3/t20-/m0/s1. The van der Waals surface area contributed by atoms with Crippen molar-refractivity contribution in [3.8, 4) is 22.8 Å². The van der Waals surface area contributed by atoms with Gasteiger partial charge in [-0.2, -0.15) is 0 Å². The SMILES string of the molecule is COc1ccc([C@@H]2CN(c3nc(-c4ccncc4)cc(=O)n3C)CCO2)c(OC)c1. The van der Waals surface area contributed by atoms with Gasteiger partial charge in [0.15, 0.2) is 0 Å². The van der Waals surface area contributed by atoms with E-state index in [9.17, 15) is 4.79 Å². The fourth-order valence-corrected chi connectivity index (χ4v) is 3.58. The number of ether oxygens (including phenoxy) is 3. The van der Waals surface area contributed by atoms with Crippen molar-refractivity contribution < 1.29 is 14.2 Å². The number of nitrogens with zero attached hydrogens (tertiary/aromatic N) is 4. The first-order chi connectivity index (χ1) is 14.6. The number of hydrogen-bond acceptors (Lipinski definition) is 7. The Hall–Kier alpha value is -3.39. The maximum absolute atomic E-state index is 12.6. The predicted octanol–water partition coefficient (Wildman–Crippen LogP) is 2.44. The summed E-state index contributed by atoms with van der Waals surface area (Å²) < 4.78 is 18.4. The lowest BCUT2D eigenvalue weighted by atomic mass is 10.1. The molecule has 0 spiro atoms. The van der Waals surface area contributed by atoms with Crippen LogP contribution < -0.4 is 19.9 Å². The molecule has 0 saturated carbocycles. The zero-order valence-electron chi connectivity index (χ0n) is 17.2. The highest BCUT2D eigenvalue weighted by Gasteiger charge is 2.27. The summed E-state index contributed by atoms with van der Waals surface area (Å²) in [6.07, 6.45) is 3.16. The van der Waals surface area contributed by atoms with E-state index in [0.29, 0.717) is 37.1 Å². The molecule has 1 aliphatic rings. The minimum atomic E-state index is -0.221. The van der Waals surface area contributed by atoms with Gasteiger partial charge in [-0.05, 0) is 24.3 Å². The van der Waals surface area contributed by atoms with Crippen LogP contribution in [0, 0.1) is 0 Å². The van der Waals surface area contributed by atoms with E-state index in [-0.39, 0.29) is 11.7 Å². The lowest BCUT2D eigenvalue weighted by molar-refractivity contribution is 0.0374. The normalized spacial score (nSPS) is 16.4. The molecule has 0 radical (unpaired) electrons. The molecular weight excluding hydrogens is 384 g/mol. The molecule has 0 amide bonds. The second kappa shape index (κ2) is 8.54. The van der Waals surface area contributed by atoms with Crippen molar-refractivity contribution in [2.75, 3.05) is 38.8 Å². The highest BCUT2D eigenvalue weighted by molar-refractivity contribution is 5.59. The minimum Gasteiger partial charge on any atom is -0.497 e. The van der Waals surface area contributed by atoms with Crippen LogP contribution in [0.15, 0.2) is 53.6 Å². The van der Waals surface area contributed by atoms with E-state index in [4.69, 9.17) is 19.2 Å². The Kier molecular flexibility index (Phi) is 5.67. The van der Waals surface area contributed by atoms with Crippen molar-refractivity contribution in [2.45, 2.75) is 6.10 Å². The molecule has 3 aromatic rings. The van der Waals surface area contributed by atoms with Gasteiger partial charge in [-0.3, -0.25) is 14.3 Å². The number of morpholine rings is 1. The van der Waals surface area contributed by atoms with Crippen molar-refractivity contribution in [1.29, 1.82) is 0 Å². The molecule has 0 bridgehead atoms. The molecule has 4 rings (SSSR count). The lowest BCUT2D eigenvalue weighted by Crippen LogP contribution is -2.41. The van der Waals surface area contributed by atoms with E-state index < -0.39 is 0 Å². The molecule has 1 aliphatic heterocycles. The molecular formula is C22H24N4O4. The number of benzene rings is 1. The summed E-state index contributed by atoms with van der Waals surface area (Å²) in [5.74, 6) is 2.03. The summed E-state index contributed by atoms with van der Waals surface area (Å²) in [5.41, 5.74) is 2.29. The molecule has 1 fully saturated rings. The molecule has 2 aromatic heterocycles. The van der Waals surface area contributed by atoms with Crippen molar-refractivity contribution in [3.05, 3.63) is 64.7 Å². The van der Waals surface area contributed by atoms with Crippen LogP contribution >= 0.6 is 0 Å². The number of rotatable bonds is 5. The second-order valence-corrected chi connectivity index (χ2v) is 6.99.